The molecule has 2 heterocycles. The Morgan fingerprint density at radius 2 is 1.58 bits per heavy atom. The Morgan fingerprint density at radius 3 is 2.29 bits per heavy atom. The fraction of sp³-hybridized carbons (Fsp3) is 0.0500. The Labute approximate surface area is 139 Å². The molecule has 0 aliphatic heterocycles. The average Bonchev–Trinajstić information content (AvgIpc) is 3.05. The fourth-order valence-corrected chi connectivity index (χ4v) is 2.78. The first-order chi connectivity index (χ1) is 11.7. The van der Waals surface area contributed by atoms with Crippen LogP contribution in [0.1, 0.15) is 0 Å². The van der Waals surface area contributed by atoms with Gasteiger partial charge in [0.15, 0.2) is 0 Å². The van der Waals surface area contributed by atoms with E-state index in [1.165, 1.54) is 12.1 Å². The van der Waals surface area contributed by atoms with Crippen molar-refractivity contribution in [3.63, 3.8) is 0 Å². The molecule has 2 aromatic carbocycles. The van der Waals surface area contributed by atoms with Gasteiger partial charge < -0.3 is 4.74 Å². The third-order valence-electron chi connectivity index (χ3n) is 4.08. The van der Waals surface area contributed by atoms with Gasteiger partial charge in [0, 0.05) is 11.8 Å². The Kier molecular flexibility index (Phi) is 3.50. The molecule has 0 atom stereocenters. The second kappa shape index (κ2) is 5.81. The Morgan fingerprint density at radius 1 is 0.875 bits per heavy atom. The highest BCUT2D eigenvalue weighted by atomic mass is 19.1. The summed E-state index contributed by atoms with van der Waals surface area (Å²) in [5.41, 5.74) is 4.90. The maximum Gasteiger partial charge on any atom is 0.137 e. The van der Waals surface area contributed by atoms with Crippen LogP contribution in [0.4, 0.5) is 4.39 Å². The lowest BCUT2D eigenvalue weighted by Gasteiger charge is -2.06. The molecule has 4 aromatic rings. The van der Waals surface area contributed by atoms with E-state index in [0.29, 0.717) is 0 Å². The Hall–Kier alpha value is -3.14. The highest BCUT2D eigenvalue weighted by Crippen LogP contribution is 2.26. The summed E-state index contributed by atoms with van der Waals surface area (Å²) in [7, 11) is 1.66. The summed E-state index contributed by atoms with van der Waals surface area (Å²) in [5.74, 6) is 0.591. The van der Waals surface area contributed by atoms with E-state index >= 15 is 0 Å². The normalized spacial score (nSPS) is 10.9. The number of aromatic nitrogens is 2. The van der Waals surface area contributed by atoms with Crippen LogP contribution >= 0.6 is 0 Å². The van der Waals surface area contributed by atoms with Gasteiger partial charge >= 0.3 is 0 Å². The second-order valence-electron chi connectivity index (χ2n) is 5.52. The fourth-order valence-electron chi connectivity index (χ4n) is 2.78. The number of halogens is 1. The maximum absolute atomic E-state index is 13.1. The van der Waals surface area contributed by atoms with Crippen molar-refractivity contribution in [2.45, 2.75) is 0 Å². The first kappa shape index (κ1) is 14.5. The lowest BCUT2D eigenvalue weighted by Crippen LogP contribution is -1.89. The summed E-state index contributed by atoms with van der Waals surface area (Å²) in [4.78, 5) is 4.48. The van der Waals surface area contributed by atoms with Crippen LogP contribution in [-0.4, -0.2) is 16.5 Å². The van der Waals surface area contributed by atoms with E-state index in [2.05, 4.69) is 4.98 Å². The van der Waals surface area contributed by atoms with E-state index < -0.39 is 0 Å². The molecular weight excluding hydrogens is 303 g/mol. The summed E-state index contributed by atoms with van der Waals surface area (Å²) >= 11 is 0. The van der Waals surface area contributed by atoms with Crippen molar-refractivity contribution < 1.29 is 9.13 Å². The first-order valence-electron chi connectivity index (χ1n) is 7.62. The SMILES string of the molecule is COc1ccc(-c2ccn3c(-c4ccc(F)cc4)cnc3c2)cc1. The number of fused-ring (bicyclic) bond motifs is 1. The smallest absolute Gasteiger partial charge is 0.137 e. The molecule has 118 valence electrons. The molecule has 0 amide bonds. The number of ether oxygens (including phenoxy) is 1. The van der Waals surface area contributed by atoms with E-state index in [0.717, 1.165) is 33.8 Å². The second-order valence-corrected chi connectivity index (χ2v) is 5.52. The third kappa shape index (κ3) is 2.52. The van der Waals surface area contributed by atoms with Gasteiger partial charge in [-0.1, -0.05) is 12.1 Å². The zero-order chi connectivity index (χ0) is 16.5. The summed E-state index contributed by atoms with van der Waals surface area (Å²) < 4.78 is 20.3. The van der Waals surface area contributed by atoms with Crippen molar-refractivity contribution in [2.75, 3.05) is 7.11 Å². The van der Waals surface area contributed by atoms with Crippen molar-refractivity contribution in [1.29, 1.82) is 0 Å². The minimum atomic E-state index is -0.241. The summed E-state index contributed by atoms with van der Waals surface area (Å²) in [6, 6.07) is 18.4. The Balaban J connectivity index is 1.75. The molecule has 0 saturated heterocycles. The van der Waals surface area contributed by atoms with Gasteiger partial charge in [-0.05, 0) is 59.7 Å². The highest BCUT2D eigenvalue weighted by molar-refractivity contribution is 5.71. The van der Waals surface area contributed by atoms with Crippen LogP contribution in [0.2, 0.25) is 0 Å². The van der Waals surface area contributed by atoms with E-state index in [1.807, 2.05) is 47.0 Å². The predicted molar refractivity (Wildman–Crippen MR) is 92.6 cm³/mol. The topological polar surface area (TPSA) is 26.5 Å². The largest absolute Gasteiger partial charge is 0.497 e. The predicted octanol–water partition coefficient (Wildman–Crippen LogP) is 4.82. The number of methoxy groups -OCH3 is 1. The zero-order valence-corrected chi connectivity index (χ0v) is 13.1. The number of pyridine rings is 1. The quantitative estimate of drug-likeness (QED) is 0.541. The monoisotopic (exact) mass is 318 g/mol. The van der Waals surface area contributed by atoms with Gasteiger partial charge in [0.05, 0.1) is 19.0 Å². The van der Waals surface area contributed by atoms with Crippen molar-refractivity contribution in [3.05, 3.63) is 78.9 Å². The Bertz CT molecular complexity index is 989. The zero-order valence-electron chi connectivity index (χ0n) is 13.1. The molecule has 0 radical (unpaired) electrons. The van der Waals surface area contributed by atoms with E-state index in [-0.39, 0.29) is 5.82 Å². The maximum atomic E-state index is 13.1. The van der Waals surface area contributed by atoms with Gasteiger partial charge in [-0.15, -0.1) is 0 Å². The average molecular weight is 318 g/mol. The van der Waals surface area contributed by atoms with Gasteiger partial charge in [0.1, 0.15) is 17.2 Å². The number of hydrogen-bond acceptors (Lipinski definition) is 2. The van der Waals surface area contributed by atoms with E-state index in [9.17, 15) is 4.39 Å². The molecule has 0 bridgehead atoms. The minimum Gasteiger partial charge on any atom is -0.497 e. The molecule has 0 unspecified atom stereocenters. The molecule has 24 heavy (non-hydrogen) atoms. The minimum absolute atomic E-state index is 0.241. The van der Waals surface area contributed by atoms with Gasteiger partial charge in [-0.2, -0.15) is 0 Å². The van der Waals surface area contributed by atoms with Crippen LogP contribution in [0.25, 0.3) is 28.0 Å². The van der Waals surface area contributed by atoms with Crippen LogP contribution in [-0.2, 0) is 0 Å². The lowest BCUT2D eigenvalue weighted by molar-refractivity contribution is 0.415. The van der Waals surface area contributed by atoms with Gasteiger partial charge in [0.25, 0.3) is 0 Å². The number of hydrogen-bond donors (Lipinski definition) is 0. The van der Waals surface area contributed by atoms with Crippen molar-refractivity contribution in [3.8, 4) is 28.1 Å². The molecule has 3 nitrogen and oxygen atoms in total. The number of rotatable bonds is 3. The molecule has 4 rings (SSSR count). The molecule has 0 aliphatic rings. The number of nitrogens with zero attached hydrogens (tertiary/aromatic N) is 2. The van der Waals surface area contributed by atoms with Crippen LogP contribution in [0.5, 0.6) is 5.75 Å². The molecule has 4 heteroatoms. The molecular formula is C20H15FN2O. The molecule has 2 aromatic heterocycles. The van der Waals surface area contributed by atoms with Gasteiger partial charge in [0.2, 0.25) is 0 Å². The molecule has 0 spiro atoms. The molecule has 0 N–H and O–H groups in total. The van der Waals surface area contributed by atoms with Crippen molar-refractivity contribution >= 4 is 5.65 Å². The van der Waals surface area contributed by atoms with Crippen molar-refractivity contribution in [1.82, 2.24) is 9.38 Å². The van der Waals surface area contributed by atoms with Gasteiger partial charge in [-0.25, -0.2) is 9.37 Å². The van der Waals surface area contributed by atoms with Crippen LogP contribution in [0, 0.1) is 5.82 Å². The third-order valence-corrected chi connectivity index (χ3v) is 4.08. The molecule has 0 aliphatic carbocycles. The van der Waals surface area contributed by atoms with E-state index in [4.69, 9.17) is 4.74 Å². The van der Waals surface area contributed by atoms with Crippen LogP contribution in [0.15, 0.2) is 73.1 Å². The highest BCUT2D eigenvalue weighted by Gasteiger charge is 2.07. The first-order valence-corrected chi connectivity index (χ1v) is 7.62. The van der Waals surface area contributed by atoms with Gasteiger partial charge in [-0.3, -0.25) is 4.40 Å². The summed E-state index contributed by atoms with van der Waals surface area (Å²) in [6.07, 6.45) is 3.79. The number of imidazole rings is 1. The number of benzene rings is 2. The molecule has 0 saturated carbocycles. The lowest BCUT2D eigenvalue weighted by atomic mass is 10.1. The summed E-state index contributed by atoms with van der Waals surface area (Å²) in [5, 5.41) is 0. The summed E-state index contributed by atoms with van der Waals surface area (Å²) in [6.45, 7) is 0. The molecule has 0 fully saturated rings. The van der Waals surface area contributed by atoms with E-state index in [1.54, 1.807) is 25.4 Å². The van der Waals surface area contributed by atoms with Crippen molar-refractivity contribution in [2.24, 2.45) is 0 Å². The van der Waals surface area contributed by atoms with Crippen LogP contribution < -0.4 is 4.74 Å². The van der Waals surface area contributed by atoms with Crippen LogP contribution in [0.3, 0.4) is 0 Å². The standard InChI is InChI=1S/C20H15FN2O/c1-24-18-8-4-14(5-9-18)16-10-11-23-19(13-22-20(23)12-16)15-2-6-17(21)7-3-15/h2-13H,1H3.